The van der Waals surface area contributed by atoms with Gasteiger partial charge in [0, 0.05) is 11.1 Å². The Kier molecular flexibility index (Phi) is 3.51. The topological polar surface area (TPSA) is 62.2 Å². The highest BCUT2D eigenvalue weighted by molar-refractivity contribution is 6.03. The molecule has 3 rings (SSSR count). The van der Waals surface area contributed by atoms with Gasteiger partial charge in [-0.3, -0.25) is 0 Å². The summed E-state index contributed by atoms with van der Waals surface area (Å²) in [6.45, 7) is 4.06. The second-order valence-electron chi connectivity index (χ2n) is 5.25. The molecule has 0 fully saturated rings. The summed E-state index contributed by atoms with van der Waals surface area (Å²) in [7, 11) is 0. The fourth-order valence-corrected chi connectivity index (χ4v) is 2.44. The van der Waals surface area contributed by atoms with Crippen LogP contribution >= 0.6 is 0 Å². The van der Waals surface area contributed by atoms with Crippen molar-refractivity contribution in [1.82, 2.24) is 4.98 Å². The summed E-state index contributed by atoms with van der Waals surface area (Å²) in [6.07, 6.45) is 0. The van der Waals surface area contributed by atoms with E-state index in [0.29, 0.717) is 16.7 Å². The van der Waals surface area contributed by atoms with Gasteiger partial charge in [0.25, 0.3) is 0 Å². The number of aromatic carboxylic acids is 1. The number of hydrogen-bond donors (Lipinski definition) is 2. The molecule has 22 heavy (non-hydrogen) atoms. The van der Waals surface area contributed by atoms with Crippen LogP contribution in [0.5, 0.6) is 0 Å². The average molecular weight is 292 g/mol. The van der Waals surface area contributed by atoms with Crippen molar-refractivity contribution < 1.29 is 9.90 Å². The molecule has 1 heterocycles. The molecule has 0 amide bonds. The summed E-state index contributed by atoms with van der Waals surface area (Å²) in [5, 5.41) is 13.3. The van der Waals surface area contributed by atoms with Gasteiger partial charge in [0.15, 0.2) is 0 Å². The molecule has 1 aromatic heterocycles. The summed E-state index contributed by atoms with van der Waals surface area (Å²) < 4.78 is 0. The number of aryl methyl sites for hydroxylation is 1. The number of carboxylic acid groups (broad SMARTS) is 1. The zero-order valence-corrected chi connectivity index (χ0v) is 12.4. The minimum atomic E-state index is -0.956. The monoisotopic (exact) mass is 292 g/mol. The molecule has 0 bridgehead atoms. The third kappa shape index (κ3) is 2.51. The van der Waals surface area contributed by atoms with E-state index in [1.165, 1.54) is 5.56 Å². The highest BCUT2D eigenvalue weighted by Gasteiger charge is 2.12. The summed E-state index contributed by atoms with van der Waals surface area (Å²) >= 11 is 0. The Bertz CT molecular complexity index is 872. The third-order valence-corrected chi connectivity index (χ3v) is 3.81. The molecule has 0 saturated heterocycles. The molecular formula is C18H16N2O2. The van der Waals surface area contributed by atoms with E-state index in [1.807, 2.05) is 50.2 Å². The fourth-order valence-electron chi connectivity index (χ4n) is 2.44. The predicted octanol–water partition coefficient (Wildman–Crippen LogP) is 4.29. The minimum absolute atomic E-state index is 0.249. The maximum absolute atomic E-state index is 11.5. The zero-order valence-electron chi connectivity index (χ0n) is 12.4. The van der Waals surface area contributed by atoms with Crippen LogP contribution in [0.25, 0.3) is 10.9 Å². The Morgan fingerprint density at radius 3 is 2.64 bits per heavy atom. The highest BCUT2D eigenvalue weighted by Crippen LogP contribution is 2.25. The molecule has 110 valence electrons. The molecule has 0 spiro atoms. The van der Waals surface area contributed by atoms with Crippen molar-refractivity contribution in [3.63, 3.8) is 0 Å². The number of anilines is 2. The number of hydrogen-bond acceptors (Lipinski definition) is 3. The molecule has 0 radical (unpaired) electrons. The Morgan fingerprint density at radius 2 is 1.86 bits per heavy atom. The summed E-state index contributed by atoms with van der Waals surface area (Å²) in [5.41, 5.74) is 4.13. The maximum atomic E-state index is 11.5. The number of aromatic nitrogens is 1. The number of nitrogens with zero attached hydrogens (tertiary/aromatic N) is 1. The van der Waals surface area contributed by atoms with Crippen molar-refractivity contribution in [3.8, 4) is 0 Å². The average Bonchev–Trinajstić information content (AvgIpc) is 2.51. The lowest BCUT2D eigenvalue weighted by Crippen LogP contribution is -2.03. The number of pyridine rings is 1. The van der Waals surface area contributed by atoms with Crippen LogP contribution in [0.3, 0.4) is 0 Å². The van der Waals surface area contributed by atoms with Gasteiger partial charge in [-0.05, 0) is 43.2 Å². The molecule has 4 nitrogen and oxygen atoms in total. The third-order valence-electron chi connectivity index (χ3n) is 3.81. The van der Waals surface area contributed by atoms with Gasteiger partial charge in [-0.1, -0.05) is 30.3 Å². The lowest BCUT2D eigenvalue weighted by molar-refractivity contribution is 0.0699. The molecule has 0 unspecified atom stereocenters. The number of fused-ring (bicyclic) bond motifs is 1. The lowest BCUT2D eigenvalue weighted by Gasteiger charge is -2.12. The summed E-state index contributed by atoms with van der Waals surface area (Å²) in [6, 6.07) is 14.8. The van der Waals surface area contributed by atoms with Crippen LogP contribution in [-0.2, 0) is 0 Å². The van der Waals surface area contributed by atoms with Crippen LogP contribution in [-0.4, -0.2) is 16.1 Å². The smallest absolute Gasteiger partial charge is 0.336 e. The van der Waals surface area contributed by atoms with Crippen molar-refractivity contribution >= 4 is 28.4 Å². The minimum Gasteiger partial charge on any atom is -0.478 e. The Labute approximate surface area is 128 Å². The fraction of sp³-hybridized carbons (Fsp3) is 0.111. The highest BCUT2D eigenvalue weighted by atomic mass is 16.4. The van der Waals surface area contributed by atoms with Crippen molar-refractivity contribution in [2.45, 2.75) is 13.8 Å². The lowest BCUT2D eigenvalue weighted by atomic mass is 10.1. The van der Waals surface area contributed by atoms with Gasteiger partial charge in [0.05, 0.1) is 11.1 Å². The standard InChI is InChI=1S/C18H16N2O2/c1-11-6-5-9-15(12(11)2)19-17-10-14(18(21)22)13-7-3-4-8-16(13)20-17/h3-10H,1-2H3,(H,19,20)(H,21,22). The molecule has 0 aliphatic heterocycles. The van der Waals surface area contributed by atoms with E-state index in [-0.39, 0.29) is 5.56 Å². The van der Waals surface area contributed by atoms with Gasteiger partial charge in [0.2, 0.25) is 0 Å². The van der Waals surface area contributed by atoms with Crippen LogP contribution in [0, 0.1) is 13.8 Å². The van der Waals surface area contributed by atoms with Crippen LogP contribution in [0.2, 0.25) is 0 Å². The van der Waals surface area contributed by atoms with E-state index in [4.69, 9.17) is 0 Å². The second kappa shape index (κ2) is 5.48. The Balaban J connectivity index is 2.11. The van der Waals surface area contributed by atoms with E-state index < -0.39 is 5.97 Å². The molecule has 0 aliphatic carbocycles. The second-order valence-corrected chi connectivity index (χ2v) is 5.25. The largest absolute Gasteiger partial charge is 0.478 e. The predicted molar refractivity (Wildman–Crippen MR) is 87.9 cm³/mol. The Morgan fingerprint density at radius 1 is 1.09 bits per heavy atom. The molecule has 0 saturated carbocycles. The first-order valence-electron chi connectivity index (χ1n) is 7.02. The molecular weight excluding hydrogens is 276 g/mol. The van der Waals surface area contributed by atoms with Gasteiger partial charge in [-0.2, -0.15) is 0 Å². The van der Waals surface area contributed by atoms with E-state index in [2.05, 4.69) is 10.3 Å². The molecule has 3 aromatic rings. The number of para-hydroxylation sites is 1. The van der Waals surface area contributed by atoms with Crippen LogP contribution in [0.4, 0.5) is 11.5 Å². The molecule has 2 aromatic carbocycles. The Hall–Kier alpha value is -2.88. The first kappa shape index (κ1) is 14.1. The van der Waals surface area contributed by atoms with Crippen molar-refractivity contribution in [1.29, 1.82) is 0 Å². The SMILES string of the molecule is Cc1cccc(Nc2cc(C(=O)O)c3ccccc3n2)c1C. The summed E-state index contributed by atoms with van der Waals surface area (Å²) in [4.78, 5) is 16.0. The number of benzene rings is 2. The van der Waals surface area contributed by atoms with Crippen molar-refractivity contribution in [3.05, 3.63) is 65.2 Å². The van der Waals surface area contributed by atoms with Gasteiger partial charge in [-0.15, -0.1) is 0 Å². The van der Waals surface area contributed by atoms with Crippen LogP contribution in [0.15, 0.2) is 48.5 Å². The zero-order chi connectivity index (χ0) is 15.7. The first-order chi connectivity index (χ1) is 10.6. The van der Waals surface area contributed by atoms with Gasteiger partial charge >= 0.3 is 5.97 Å². The van der Waals surface area contributed by atoms with E-state index in [0.717, 1.165) is 11.3 Å². The summed E-state index contributed by atoms with van der Waals surface area (Å²) in [5.74, 6) is -0.424. The van der Waals surface area contributed by atoms with Crippen LogP contribution < -0.4 is 5.32 Å². The quantitative estimate of drug-likeness (QED) is 0.755. The van der Waals surface area contributed by atoms with E-state index in [9.17, 15) is 9.90 Å². The molecule has 0 atom stereocenters. The number of carbonyl (C=O) groups is 1. The number of nitrogens with one attached hydrogen (secondary N) is 1. The number of rotatable bonds is 3. The van der Waals surface area contributed by atoms with Crippen molar-refractivity contribution in [2.75, 3.05) is 5.32 Å². The first-order valence-corrected chi connectivity index (χ1v) is 7.02. The maximum Gasteiger partial charge on any atom is 0.336 e. The van der Waals surface area contributed by atoms with Gasteiger partial charge < -0.3 is 10.4 Å². The van der Waals surface area contributed by atoms with Gasteiger partial charge in [-0.25, -0.2) is 9.78 Å². The van der Waals surface area contributed by atoms with Crippen LogP contribution in [0.1, 0.15) is 21.5 Å². The number of carboxylic acids is 1. The molecule has 2 N–H and O–H groups in total. The molecule has 4 heteroatoms. The van der Waals surface area contributed by atoms with Crippen molar-refractivity contribution in [2.24, 2.45) is 0 Å². The normalized spacial score (nSPS) is 10.6. The van der Waals surface area contributed by atoms with E-state index in [1.54, 1.807) is 12.1 Å². The molecule has 0 aliphatic rings. The van der Waals surface area contributed by atoms with Gasteiger partial charge in [0.1, 0.15) is 5.82 Å². The van der Waals surface area contributed by atoms with E-state index >= 15 is 0 Å².